The second-order valence-electron chi connectivity index (χ2n) is 7.97. The Balaban J connectivity index is 1.76. The molecule has 0 unspecified atom stereocenters. The van der Waals surface area contributed by atoms with E-state index in [1.165, 1.54) is 11.3 Å². The third-order valence-corrected chi connectivity index (χ3v) is 6.31. The van der Waals surface area contributed by atoms with Crippen molar-refractivity contribution < 1.29 is 23.5 Å². The van der Waals surface area contributed by atoms with E-state index in [1.54, 1.807) is 30.1 Å². The summed E-state index contributed by atoms with van der Waals surface area (Å²) in [5.74, 6) is 2.59. The fraction of sp³-hybridized carbons (Fsp3) is 0.385. The van der Waals surface area contributed by atoms with E-state index in [0.717, 1.165) is 17.7 Å². The van der Waals surface area contributed by atoms with Crippen molar-refractivity contribution in [3.8, 4) is 11.5 Å². The van der Waals surface area contributed by atoms with Crippen LogP contribution in [0.15, 0.2) is 52.3 Å². The monoisotopic (exact) mass is 484 g/mol. The first-order valence-corrected chi connectivity index (χ1v) is 12.2. The lowest BCUT2D eigenvalue weighted by atomic mass is 10.1. The summed E-state index contributed by atoms with van der Waals surface area (Å²) in [6.07, 6.45) is 1.39. The molecule has 7 nitrogen and oxygen atoms in total. The zero-order valence-electron chi connectivity index (χ0n) is 20.2. The van der Waals surface area contributed by atoms with Crippen LogP contribution in [0.3, 0.4) is 0 Å². The fourth-order valence-corrected chi connectivity index (χ4v) is 4.38. The van der Waals surface area contributed by atoms with Gasteiger partial charge >= 0.3 is 0 Å². The fourth-order valence-electron chi connectivity index (χ4n) is 3.69. The van der Waals surface area contributed by atoms with Gasteiger partial charge in [0.2, 0.25) is 5.91 Å². The van der Waals surface area contributed by atoms with Gasteiger partial charge in [0.25, 0.3) is 5.91 Å². The highest BCUT2D eigenvalue weighted by Gasteiger charge is 2.23. The van der Waals surface area contributed by atoms with E-state index in [4.69, 9.17) is 13.9 Å². The maximum absolute atomic E-state index is 13.4. The van der Waals surface area contributed by atoms with Gasteiger partial charge in [-0.1, -0.05) is 19.1 Å². The number of aryl methyl sites for hydroxylation is 1. The number of benzene rings is 1. The molecular weight excluding hydrogens is 452 g/mol. The molecule has 1 aromatic carbocycles. The number of hydrogen-bond donors (Lipinski definition) is 0. The number of carbonyl (C=O) groups is 2. The maximum atomic E-state index is 13.4. The van der Waals surface area contributed by atoms with Crippen LogP contribution in [-0.2, 0) is 17.8 Å². The molecule has 0 N–H and O–H groups in total. The summed E-state index contributed by atoms with van der Waals surface area (Å²) in [4.78, 5) is 30.4. The Bertz CT molecular complexity index is 1080. The van der Waals surface area contributed by atoms with E-state index < -0.39 is 0 Å². The third-order valence-electron chi connectivity index (χ3n) is 5.45. The van der Waals surface area contributed by atoms with Crippen LogP contribution in [0.2, 0.25) is 0 Å². The van der Waals surface area contributed by atoms with Gasteiger partial charge in [-0.05, 0) is 61.0 Å². The summed E-state index contributed by atoms with van der Waals surface area (Å²) in [6, 6.07) is 13.1. The second kappa shape index (κ2) is 12.3. The molecule has 0 saturated heterocycles. The molecule has 182 valence electrons. The molecule has 0 radical (unpaired) electrons. The van der Waals surface area contributed by atoms with Gasteiger partial charge in [-0.2, -0.15) is 0 Å². The van der Waals surface area contributed by atoms with Gasteiger partial charge in [-0.25, -0.2) is 0 Å². The van der Waals surface area contributed by atoms with Gasteiger partial charge in [0.1, 0.15) is 18.1 Å². The van der Waals surface area contributed by atoms with E-state index in [-0.39, 0.29) is 18.4 Å². The predicted octanol–water partition coefficient (Wildman–Crippen LogP) is 4.79. The number of carbonyl (C=O) groups excluding carboxylic acids is 2. The first kappa shape index (κ1) is 25.4. The summed E-state index contributed by atoms with van der Waals surface area (Å²) in [5, 5.41) is 1.87. The van der Waals surface area contributed by atoms with E-state index in [1.807, 2.05) is 55.6 Å². The van der Waals surface area contributed by atoms with Crippen LogP contribution in [0.4, 0.5) is 0 Å². The second-order valence-corrected chi connectivity index (χ2v) is 8.92. The molecule has 0 atom stereocenters. The topological polar surface area (TPSA) is 72.2 Å². The lowest BCUT2D eigenvalue weighted by Gasteiger charge is -2.27. The largest absolute Gasteiger partial charge is 0.493 e. The Morgan fingerprint density at radius 1 is 1.00 bits per heavy atom. The van der Waals surface area contributed by atoms with Gasteiger partial charge in [0.15, 0.2) is 11.5 Å². The molecule has 2 amide bonds. The van der Waals surface area contributed by atoms with Crippen molar-refractivity contribution in [1.82, 2.24) is 9.80 Å². The minimum absolute atomic E-state index is 0.0240. The van der Waals surface area contributed by atoms with Crippen molar-refractivity contribution in [3.05, 3.63) is 69.8 Å². The smallest absolute Gasteiger partial charge is 0.264 e. The number of rotatable bonds is 12. The molecule has 0 aliphatic heterocycles. The number of thiophene rings is 1. The van der Waals surface area contributed by atoms with E-state index in [2.05, 4.69) is 0 Å². The zero-order valence-corrected chi connectivity index (χ0v) is 21.0. The summed E-state index contributed by atoms with van der Waals surface area (Å²) >= 11 is 1.39. The average Bonchev–Trinajstić information content (AvgIpc) is 3.52. The molecule has 0 aliphatic rings. The quantitative estimate of drug-likeness (QED) is 0.370. The SMILES string of the molecule is CCCN(CC(=O)N(CCc1ccc(OC)c(OC)c1)Cc1ccc(C)o1)C(=O)c1cccs1. The lowest BCUT2D eigenvalue weighted by Crippen LogP contribution is -2.43. The minimum Gasteiger partial charge on any atom is -0.493 e. The van der Waals surface area contributed by atoms with Crippen LogP contribution in [0.5, 0.6) is 11.5 Å². The Morgan fingerprint density at radius 3 is 2.41 bits per heavy atom. The molecule has 0 saturated carbocycles. The first-order chi connectivity index (χ1) is 16.4. The van der Waals surface area contributed by atoms with E-state index >= 15 is 0 Å². The van der Waals surface area contributed by atoms with Crippen molar-refractivity contribution >= 4 is 23.2 Å². The van der Waals surface area contributed by atoms with Crippen molar-refractivity contribution in [3.63, 3.8) is 0 Å². The zero-order chi connectivity index (χ0) is 24.5. The summed E-state index contributed by atoms with van der Waals surface area (Å²) in [7, 11) is 3.20. The first-order valence-electron chi connectivity index (χ1n) is 11.3. The Kier molecular flexibility index (Phi) is 9.16. The standard InChI is InChI=1S/C26H32N2O5S/c1-5-13-28(26(30)24-7-6-15-34-24)18-25(29)27(17-21-10-8-19(2)33-21)14-12-20-9-11-22(31-3)23(16-20)32-4/h6-11,15-16H,5,12-14,17-18H2,1-4H3. The Labute approximate surface area is 204 Å². The van der Waals surface area contributed by atoms with Crippen LogP contribution in [0.1, 0.15) is 40.1 Å². The van der Waals surface area contributed by atoms with Gasteiger partial charge in [0.05, 0.1) is 25.6 Å². The molecule has 3 aromatic rings. The third kappa shape index (κ3) is 6.63. The van der Waals surface area contributed by atoms with Crippen molar-refractivity contribution in [2.24, 2.45) is 0 Å². The number of furan rings is 1. The molecule has 8 heteroatoms. The van der Waals surface area contributed by atoms with E-state index in [9.17, 15) is 9.59 Å². The molecule has 2 aromatic heterocycles. The van der Waals surface area contributed by atoms with E-state index in [0.29, 0.717) is 48.2 Å². The molecule has 34 heavy (non-hydrogen) atoms. The Hall–Kier alpha value is -3.26. The van der Waals surface area contributed by atoms with Crippen LogP contribution in [-0.4, -0.2) is 55.5 Å². The van der Waals surface area contributed by atoms with Gasteiger partial charge < -0.3 is 23.7 Å². The summed E-state index contributed by atoms with van der Waals surface area (Å²) in [6.45, 7) is 5.23. The number of amides is 2. The van der Waals surface area contributed by atoms with Crippen molar-refractivity contribution in [1.29, 1.82) is 0 Å². The normalized spacial score (nSPS) is 10.7. The average molecular weight is 485 g/mol. The molecule has 0 spiro atoms. The number of ether oxygens (including phenoxy) is 2. The maximum Gasteiger partial charge on any atom is 0.264 e. The summed E-state index contributed by atoms with van der Waals surface area (Å²) < 4.78 is 16.5. The molecule has 0 bridgehead atoms. The van der Waals surface area contributed by atoms with Crippen molar-refractivity contribution in [2.45, 2.75) is 33.2 Å². The van der Waals surface area contributed by atoms with Crippen LogP contribution >= 0.6 is 11.3 Å². The predicted molar refractivity (Wildman–Crippen MR) is 133 cm³/mol. The lowest BCUT2D eigenvalue weighted by molar-refractivity contribution is -0.132. The number of hydrogen-bond acceptors (Lipinski definition) is 6. The molecule has 3 rings (SSSR count). The van der Waals surface area contributed by atoms with Crippen molar-refractivity contribution in [2.75, 3.05) is 33.9 Å². The van der Waals surface area contributed by atoms with Crippen LogP contribution < -0.4 is 9.47 Å². The molecule has 2 heterocycles. The highest BCUT2D eigenvalue weighted by atomic mass is 32.1. The number of methoxy groups -OCH3 is 2. The van der Waals surface area contributed by atoms with Crippen LogP contribution in [0.25, 0.3) is 0 Å². The molecule has 0 aliphatic carbocycles. The number of nitrogens with zero attached hydrogens (tertiary/aromatic N) is 2. The highest BCUT2D eigenvalue weighted by molar-refractivity contribution is 7.12. The minimum atomic E-state index is -0.118. The van der Waals surface area contributed by atoms with Crippen LogP contribution in [0, 0.1) is 6.92 Å². The molecular formula is C26H32N2O5S. The van der Waals surface area contributed by atoms with Gasteiger partial charge in [0, 0.05) is 13.1 Å². The molecule has 0 fully saturated rings. The van der Waals surface area contributed by atoms with Gasteiger partial charge in [-0.3, -0.25) is 9.59 Å². The summed E-state index contributed by atoms with van der Waals surface area (Å²) in [5.41, 5.74) is 1.02. The highest BCUT2D eigenvalue weighted by Crippen LogP contribution is 2.28. The Morgan fingerprint density at radius 2 is 1.79 bits per heavy atom. The van der Waals surface area contributed by atoms with Gasteiger partial charge in [-0.15, -0.1) is 11.3 Å².